The molecule has 0 saturated carbocycles. The quantitative estimate of drug-likeness (QED) is 0.778. The van der Waals surface area contributed by atoms with Gasteiger partial charge in [-0.2, -0.15) is 0 Å². The fourth-order valence-electron chi connectivity index (χ4n) is 2.79. The van der Waals surface area contributed by atoms with Crippen molar-refractivity contribution in [3.63, 3.8) is 0 Å². The van der Waals surface area contributed by atoms with Crippen molar-refractivity contribution in [1.82, 2.24) is 10.2 Å². The van der Waals surface area contributed by atoms with Gasteiger partial charge in [-0.05, 0) is 79.4 Å². The first kappa shape index (κ1) is 15.8. The number of phenolic OH excluding ortho intramolecular Hbond substituents is 1. The van der Waals surface area contributed by atoms with Crippen molar-refractivity contribution in [3.05, 3.63) is 28.2 Å². The Labute approximate surface area is 130 Å². The van der Waals surface area contributed by atoms with E-state index < -0.39 is 0 Å². The zero-order valence-corrected chi connectivity index (χ0v) is 13.8. The number of hydrogen-bond donors (Lipinski definition) is 2. The molecule has 0 aliphatic carbocycles. The van der Waals surface area contributed by atoms with E-state index in [0.717, 1.165) is 23.6 Å². The maximum absolute atomic E-state index is 9.45. The van der Waals surface area contributed by atoms with Crippen molar-refractivity contribution in [1.29, 1.82) is 0 Å². The van der Waals surface area contributed by atoms with Gasteiger partial charge in [0, 0.05) is 12.6 Å². The van der Waals surface area contributed by atoms with Crippen LogP contribution >= 0.6 is 15.9 Å². The molecule has 112 valence electrons. The molecule has 0 bridgehead atoms. The minimum atomic E-state index is 0.299. The summed E-state index contributed by atoms with van der Waals surface area (Å²) >= 11 is 3.34. The lowest BCUT2D eigenvalue weighted by molar-refractivity contribution is 0.159. The molecule has 3 nitrogen and oxygen atoms in total. The summed E-state index contributed by atoms with van der Waals surface area (Å²) < 4.78 is 0.763. The van der Waals surface area contributed by atoms with Gasteiger partial charge in [-0.3, -0.25) is 0 Å². The molecule has 1 fully saturated rings. The number of piperidine rings is 1. The molecule has 1 unspecified atom stereocenters. The van der Waals surface area contributed by atoms with E-state index in [1.54, 1.807) is 6.07 Å². The molecule has 20 heavy (non-hydrogen) atoms. The average Bonchev–Trinajstić information content (AvgIpc) is 2.44. The highest BCUT2D eigenvalue weighted by Crippen LogP contribution is 2.24. The van der Waals surface area contributed by atoms with Crippen molar-refractivity contribution in [2.45, 2.75) is 45.2 Å². The minimum absolute atomic E-state index is 0.299. The third kappa shape index (κ3) is 4.76. The SMILES string of the molecule is CC1CCCCN1CCCNCc1ccc(O)c(Br)c1. The van der Waals surface area contributed by atoms with Crippen LogP contribution in [0, 0.1) is 0 Å². The largest absolute Gasteiger partial charge is 0.507 e. The van der Waals surface area contributed by atoms with Crippen LogP contribution in [0.1, 0.15) is 38.2 Å². The monoisotopic (exact) mass is 340 g/mol. The number of aromatic hydroxyl groups is 1. The molecule has 1 aliphatic rings. The molecular weight excluding hydrogens is 316 g/mol. The normalized spacial score (nSPS) is 20.2. The third-order valence-corrected chi connectivity index (χ3v) is 4.72. The molecule has 0 spiro atoms. The second-order valence-corrected chi connectivity index (χ2v) is 6.55. The zero-order valence-electron chi connectivity index (χ0n) is 12.2. The molecular formula is C16H25BrN2O. The predicted octanol–water partition coefficient (Wildman–Crippen LogP) is 3.51. The van der Waals surface area contributed by atoms with Gasteiger partial charge >= 0.3 is 0 Å². The van der Waals surface area contributed by atoms with Gasteiger partial charge in [-0.15, -0.1) is 0 Å². The summed E-state index contributed by atoms with van der Waals surface area (Å²) in [5, 5.41) is 12.9. The summed E-state index contributed by atoms with van der Waals surface area (Å²) in [6.45, 7) is 6.72. The summed E-state index contributed by atoms with van der Waals surface area (Å²) in [4.78, 5) is 2.61. The van der Waals surface area contributed by atoms with Gasteiger partial charge in [0.2, 0.25) is 0 Å². The first-order valence-electron chi connectivity index (χ1n) is 7.59. The average molecular weight is 341 g/mol. The summed E-state index contributed by atoms with van der Waals surface area (Å²) in [5.74, 6) is 0.299. The van der Waals surface area contributed by atoms with E-state index in [-0.39, 0.29) is 0 Å². The van der Waals surface area contributed by atoms with E-state index in [4.69, 9.17) is 0 Å². The van der Waals surface area contributed by atoms with Crippen LogP contribution in [0.15, 0.2) is 22.7 Å². The number of nitrogens with zero attached hydrogens (tertiary/aromatic N) is 1. The molecule has 4 heteroatoms. The van der Waals surface area contributed by atoms with E-state index >= 15 is 0 Å². The summed E-state index contributed by atoms with van der Waals surface area (Å²) in [5.41, 5.74) is 1.20. The van der Waals surface area contributed by atoms with Crippen LogP contribution < -0.4 is 5.32 Å². The number of halogens is 1. The Morgan fingerprint density at radius 2 is 2.25 bits per heavy atom. The summed E-state index contributed by atoms with van der Waals surface area (Å²) in [7, 11) is 0. The Balaban J connectivity index is 1.62. The molecule has 1 aliphatic heterocycles. The smallest absolute Gasteiger partial charge is 0.129 e. The van der Waals surface area contributed by atoms with Gasteiger partial charge < -0.3 is 15.3 Å². The lowest BCUT2D eigenvalue weighted by Gasteiger charge is -2.33. The Hall–Kier alpha value is -0.580. The van der Waals surface area contributed by atoms with Gasteiger partial charge in [0.05, 0.1) is 4.47 Å². The molecule has 1 aromatic rings. The Morgan fingerprint density at radius 1 is 1.40 bits per heavy atom. The molecule has 1 heterocycles. The van der Waals surface area contributed by atoms with Gasteiger partial charge in [-0.25, -0.2) is 0 Å². The van der Waals surface area contributed by atoms with E-state index in [0.29, 0.717) is 5.75 Å². The van der Waals surface area contributed by atoms with E-state index in [9.17, 15) is 5.11 Å². The molecule has 1 atom stereocenters. The maximum atomic E-state index is 9.45. The fourth-order valence-corrected chi connectivity index (χ4v) is 3.22. The lowest BCUT2D eigenvalue weighted by Crippen LogP contribution is -2.38. The Morgan fingerprint density at radius 3 is 3.00 bits per heavy atom. The van der Waals surface area contributed by atoms with Crippen molar-refractivity contribution >= 4 is 15.9 Å². The van der Waals surface area contributed by atoms with Crippen molar-refractivity contribution in [2.24, 2.45) is 0 Å². The van der Waals surface area contributed by atoms with Crippen molar-refractivity contribution < 1.29 is 5.11 Å². The number of hydrogen-bond acceptors (Lipinski definition) is 3. The number of rotatable bonds is 6. The second-order valence-electron chi connectivity index (χ2n) is 5.70. The van der Waals surface area contributed by atoms with E-state index in [1.165, 1.54) is 44.3 Å². The molecule has 2 N–H and O–H groups in total. The van der Waals surface area contributed by atoms with Crippen molar-refractivity contribution in [2.75, 3.05) is 19.6 Å². The Bertz CT molecular complexity index is 425. The van der Waals surface area contributed by atoms with Gasteiger partial charge in [0.15, 0.2) is 0 Å². The highest BCUT2D eigenvalue weighted by molar-refractivity contribution is 9.10. The van der Waals surface area contributed by atoms with Gasteiger partial charge in [-0.1, -0.05) is 12.5 Å². The van der Waals surface area contributed by atoms with Crippen molar-refractivity contribution in [3.8, 4) is 5.75 Å². The summed E-state index contributed by atoms with van der Waals surface area (Å²) in [6, 6.07) is 6.42. The highest BCUT2D eigenvalue weighted by Gasteiger charge is 2.16. The molecule has 2 rings (SSSR count). The minimum Gasteiger partial charge on any atom is -0.507 e. The summed E-state index contributed by atoms with van der Waals surface area (Å²) in [6.07, 6.45) is 5.31. The second kappa shape index (κ2) is 8.01. The molecule has 0 aromatic heterocycles. The third-order valence-electron chi connectivity index (χ3n) is 4.08. The van der Waals surface area contributed by atoms with Crippen LogP contribution in [0.5, 0.6) is 5.75 Å². The number of benzene rings is 1. The molecule has 0 radical (unpaired) electrons. The van der Waals surface area contributed by atoms with Crippen LogP contribution in [0.25, 0.3) is 0 Å². The molecule has 1 saturated heterocycles. The van der Waals surface area contributed by atoms with Crippen LogP contribution in [0.3, 0.4) is 0 Å². The first-order chi connectivity index (χ1) is 9.66. The van der Waals surface area contributed by atoms with Crippen LogP contribution in [-0.4, -0.2) is 35.7 Å². The van der Waals surface area contributed by atoms with Crippen LogP contribution in [-0.2, 0) is 6.54 Å². The highest BCUT2D eigenvalue weighted by atomic mass is 79.9. The first-order valence-corrected chi connectivity index (χ1v) is 8.38. The predicted molar refractivity (Wildman–Crippen MR) is 87.0 cm³/mol. The van der Waals surface area contributed by atoms with E-state index in [1.807, 2.05) is 12.1 Å². The molecule has 1 aromatic carbocycles. The topological polar surface area (TPSA) is 35.5 Å². The van der Waals surface area contributed by atoms with Crippen LogP contribution in [0.2, 0.25) is 0 Å². The van der Waals surface area contributed by atoms with E-state index in [2.05, 4.69) is 33.1 Å². The standard InChI is InChI=1S/C16H25BrN2O/c1-13-5-2-3-9-19(13)10-4-8-18-12-14-6-7-16(20)15(17)11-14/h6-7,11,13,18,20H,2-5,8-10,12H2,1H3. The van der Waals surface area contributed by atoms with Crippen LogP contribution in [0.4, 0.5) is 0 Å². The fraction of sp³-hybridized carbons (Fsp3) is 0.625. The number of likely N-dealkylation sites (tertiary alicyclic amines) is 1. The lowest BCUT2D eigenvalue weighted by atomic mass is 10.0. The zero-order chi connectivity index (χ0) is 14.4. The number of nitrogens with one attached hydrogen (secondary N) is 1. The Kier molecular flexibility index (Phi) is 6.33. The molecule has 0 amide bonds. The van der Waals surface area contributed by atoms with Gasteiger partial charge in [0.1, 0.15) is 5.75 Å². The maximum Gasteiger partial charge on any atom is 0.129 e. The van der Waals surface area contributed by atoms with Gasteiger partial charge in [0.25, 0.3) is 0 Å². The number of phenols is 1.